The summed E-state index contributed by atoms with van der Waals surface area (Å²) in [5, 5.41) is 4.69. The van der Waals surface area contributed by atoms with Gasteiger partial charge in [-0.05, 0) is 91.7 Å². The van der Waals surface area contributed by atoms with Crippen LogP contribution in [0.5, 0.6) is 0 Å². The lowest BCUT2D eigenvalue weighted by Gasteiger charge is -2.30. The van der Waals surface area contributed by atoms with Crippen molar-refractivity contribution in [1.82, 2.24) is 0 Å². The molecule has 2 heteroatoms. The number of nitrogens with zero attached hydrogens (tertiary/aromatic N) is 1. The van der Waals surface area contributed by atoms with Gasteiger partial charge in [0.2, 0.25) is 0 Å². The van der Waals surface area contributed by atoms with Crippen molar-refractivity contribution in [3.8, 4) is 55.6 Å². The van der Waals surface area contributed by atoms with Crippen LogP contribution in [0.25, 0.3) is 88.3 Å². The number of furan rings is 1. The van der Waals surface area contributed by atoms with Gasteiger partial charge in [-0.3, -0.25) is 0 Å². The van der Waals surface area contributed by atoms with Gasteiger partial charge in [0.05, 0.1) is 11.4 Å². The molecule has 1 aromatic heterocycles. The summed E-state index contributed by atoms with van der Waals surface area (Å²) in [6.07, 6.45) is 0. The van der Waals surface area contributed by atoms with Crippen LogP contribution in [0.4, 0.5) is 17.1 Å². The zero-order chi connectivity index (χ0) is 39.8. The third-order valence-electron chi connectivity index (χ3n) is 11.7. The monoisotopic (exact) mass is 765 g/mol. The van der Waals surface area contributed by atoms with Gasteiger partial charge in [0.25, 0.3) is 0 Å². The van der Waals surface area contributed by atoms with E-state index in [0.717, 1.165) is 61.3 Å². The highest BCUT2D eigenvalue weighted by Crippen LogP contribution is 2.48. The second-order valence-electron chi connectivity index (χ2n) is 15.2. The molecule has 0 radical (unpaired) electrons. The Morgan fingerprint density at radius 2 is 0.700 bits per heavy atom. The van der Waals surface area contributed by atoms with E-state index in [1.165, 1.54) is 44.2 Å². The topological polar surface area (TPSA) is 16.4 Å². The highest BCUT2D eigenvalue weighted by atomic mass is 16.3. The van der Waals surface area contributed by atoms with Gasteiger partial charge < -0.3 is 9.32 Å². The summed E-state index contributed by atoms with van der Waals surface area (Å²) < 4.78 is 6.42. The van der Waals surface area contributed by atoms with Crippen molar-refractivity contribution in [1.29, 1.82) is 0 Å². The lowest BCUT2D eigenvalue weighted by atomic mass is 9.90. The Bertz CT molecular complexity index is 3300. The maximum Gasteiger partial charge on any atom is 0.136 e. The quantitative estimate of drug-likeness (QED) is 0.153. The van der Waals surface area contributed by atoms with Crippen LogP contribution in [0.2, 0.25) is 0 Å². The van der Waals surface area contributed by atoms with Gasteiger partial charge in [-0.2, -0.15) is 0 Å². The van der Waals surface area contributed by atoms with Crippen molar-refractivity contribution in [2.24, 2.45) is 0 Å². The Labute approximate surface area is 349 Å². The van der Waals surface area contributed by atoms with Crippen LogP contribution >= 0.6 is 0 Å². The van der Waals surface area contributed by atoms with E-state index in [2.05, 4.69) is 235 Å². The van der Waals surface area contributed by atoms with E-state index in [1.807, 2.05) is 6.07 Å². The van der Waals surface area contributed by atoms with Crippen molar-refractivity contribution in [2.75, 3.05) is 4.90 Å². The van der Waals surface area contributed by atoms with E-state index >= 15 is 0 Å². The molecule has 60 heavy (non-hydrogen) atoms. The van der Waals surface area contributed by atoms with Crippen LogP contribution in [-0.2, 0) is 0 Å². The second kappa shape index (κ2) is 15.1. The summed E-state index contributed by atoms with van der Waals surface area (Å²) in [5.41, 5.74) is 16.7. The molecule has 0 aliphatic rings. The first-order valence-corrected chi connectivity index (χ1v) is 20.5. The van der Waals surface area contributed by atoms with E-state index in [4.69, 9.17) is 4.42 Å². The first-order chi connectivity index (χ1) is 29.8. The number of hydrogen-bond donors (Lipinski definition) is 0. The molecule has 10 aromatic carbocycles. The summed E-state index contributed by atoms with van der Waals surface area (Å²) in [6.45, 7) is 0. The van der Waals surface area contributed by atoms with Crippen molar-refractivity contribution in [3.05, 3.63) is 237 Å². The molecule has 0 amide bonds. The van der Waals surface area contributed by atoms with Crippen LogP contribution in [0, 0.1) is 0 Å². The van der Waals surface area contributed by atoms with Crippen LogP contribution in [0.3, 0.4) is 0 Å². The van der Waals surface area contributed by atoms with Gasteiger partial charge >= 0.3 is 0 Å². The largest absolute Gasteiger partial charge is 0.456 e. The van der Waals surface area contributed by atoms with Crippen LogP contribution in [-0.4, -0.2) is 0 Å². The number of para-hydroxylation sites is 3. The molecule has 0 aliphatic heterocycles. The van der Waals surface area contributed by atoms with E-state index in [-0.39, 0.29) is 0 Å². The molecule has 0 fully saturated rings. The van der Waals surface area contributed by atoms with E-state index < -0.39 is 0 Å². The molecule has 0 aliphatic carbocycles. The summed E-state index contributed by atoms with van der Waals surface area (Å²) in [5.74, 6) is 0. The molecule has 11 aromatic rings. The molecule has 0 saturated carbocycles. The van der Waals surface area contributed by atoms with Gasteiger partial charge in [-0.1, -0.05) is 200 Å². The average Bonchev–Trinajstić information content (AvgIpc) is 3.72. The molecule has 0 atom stereocenters. The molecule has 0 bridgehead atoms. The lowest BCUT2D eigenvalue weighted by molar-refractivity contribution is 0.669. The Morgan fingerprint density at radius 3 is 1.40 bits per heavy atom. The second-order valence-corrected chi connectivity index (χ2v) is 15.2. The van der Waals surface area contributed by atoms with Crippen LogP contribution in [0.15, 0.2) is 241 Å². The summed E-state index contributed by atoms with van der Waals surface area (Å²) in [4.78, 5) is 2.44. The molecule has 11 rings (SSSR count). The fourth-order valence-electron chi connectivity index (χ4n) is 8.90. The van der Waals surface area contributed by atoms with E-state index in [9.17, 15) is 0 Å². The molecule has 1 heterocycles. The zero-order valence-electron chi connectivity index (χ0n) is 32.9. The SMILES string of the molecule is c1ccc(-c2ccc(-c3ccc(N(c4ccccc4-c4ccccc4-c4cccc5ccccc45)c4ccccc4-c4cccc5oc6ccccc6c45)cc3)cc2)cc1. The third kappa shape index (κ3) is 6.23. The number of rotatable bonds is 8. The first kappa shape index (κ1) is 35.2. The number of benzene rings is 10. The minimum atomic E-state index is 0.877. The standard InChI is InChI=1S/C58H39NO/c1-2-16-40(17-3-1)41-32-34-42(35-33-41)43-36-38-45(39-37-43)59(55-29-12-9-24-51(55)52-27-15-31-57-58(52)53-25-10-13-30-56(53)60-57)54-28-11-8-23-50(54)49-22-7-6-21-48(49)47-26-14-19-44-18-4-5-20-46(44)47/h1-39H. The highest BCUT2D eigenvalue weighted by molar-refractivity contribution is 6.14. The van der Waals surface area contributed by atoms with Crippen molar-refractivity contribution in [2.45, 2.75) is 0 Å². The fourth-order valence-corrected chi connectivity index (χ4v) is 8.90. The van der Waals surface area contributed by atoms with E-state index in [1.54, 1.807) is 0 Å². The maximum absolute atomic E-state index is 6.42. The van der Waals surface area contributed by atoms with Crippen LogP contribution < -0.4 is 4.90 Å². The predicted molar refractivity (Wildman–Crippen MR) is 253 cm³/mol. The smallest absolute Gasteiger partial charge is 0.136 e. The average molecular weight is 766 g/mol. The first-order valence-electron chi connectivity index (χ1n) is 20.5. The maximum atomic E-state index is 6.42. The molecule has 0 N–H and O–H groups in total. The molecular formula is C58H39NO. The zero-order valence-corrected chi connectivity index (χ0v) is 32.9. The molecule has 0 unspecified atom stereocenters. The third-order valence-corrected chi connectivity index (χ3v) is 11.7. The van der Waals surface area contributed by atoms with Crippen molar-refractivity contribution in [3.63, 3.8) is 0 Å². The summed E-state index contributed by atoms with van der Waals surface area (Å²) >= 11 is 0. The van der Waals surface area contributed by atoms with Gasteiger partial charge in [-0.15, -0.1) is 0 Å². The van der Waals surface area contributed by atoms with Crippen LogP contribution in [0.1, 0.15) is 0 Å². The minimum absolute atomic E-state index is 0.877. The molecule has 2 nitrogen and oxygen atoms in total. The molecule has 0 saturated heterocycles. The number of fused-ring (bicyclic) bond motifs is 4. The Kier molecular flexibility index (Phi) is 8.87. The van der Waals surface area contributed by atoms with Gasteiger partial charge in [0.1, 0.15) is 11.2 Å². The fraction of sp³-hybridized carbons (Fsp3) is 0. The summed E-state index contributed by atoms with van der Waals surface area (Å²) in [7, 11) is 0. The summed E-state index contributed by atoms with van der Waals surface area (Å²) in [6, 6.07) is 84.9. The lowest BCUT2D eigenvalue weighted by Crippen LogP contribution is -2.12. The van der Waals surface area contributed by atoms with Gasteiger partial charge in [0, 0.05) is 27.6 Å². The van der Waals surface area contributed by atoms with E-state index in [0.29, 0.717) is 0 Å². The minimum Gasteiger partial charge on any atom is -0.456 e. The number of anilines is 3. The molecule has 282 valence electrons. The molecular weight excluding hydrogens is 727 g/mol. The van der Waals surface area contributed by atoms with Gasteiger partial charge in [-0.25, -0.2) is 0 Å². The Hall–Kier alpha value is -7.94. The highest BCUT2D eigenvalue weighted by Gasteiger charge is 2.23. The van der Waals surface area contributed by atoms with Crippen molar-refractivity contribution >= 4 is 49.8 Å². The van der Waals surface area contributed by atoms with Gasteiger partial charge in [0.15, 0.2) is 0 Å². The van der Waals surface area contributed by atoms with Crippen molar-refractivity contribution < 1.29 is 4.42 Å². The Morgan fingerprint density at radius 1 is 0.267 bits per heavy atom. The number of hydrogen-bond acceptors (Lipinski definition) is 2. The predicted octanol–water partition coefficient (Wildman–Crippen LogP) is 16.5. The molecule has 0 spiro atoms. The Balaban J connectivity index is 1.11. The normalized spacial score (nSPS) is 11.3.